The van der Waals surface area contributed by atoms with Crippen LogP contribution in [0.2, 0.25) is 0 Å². The number of carbonyl (C=O) groups is 1. The molecule has 0 aliphatic heterocycles. The fourth-order valence-electron chi connectivity index (χ4n) is 2.74. The van der Waals surface area contributed by atoms with Crippen molar-refractivity contribution >= 4 is 28.6 Å². The number of thioether (sulfide) groups is 1. The normalized spacial score (nSPS) is 16.6. The highest BCUT2D eigenvalue weighted by Gasteiger charge is 2.42. The standard InChI is InChI=1S/C18H19N3OS/c1-12-9-17(20-15-6-4-3-5-14(12)15)23-10-16(22)21-18(2,11-19)13-7-8-13/h3-6,9,13H,7-8,10H2,1-2H3,(H,21,22). The molecule has 1 N–H and O–H groups in total. The Morgan fingerprint density at radius 1 is 1.48 bits per heavy atom. The minimum atomic E-state index is -0.732. The zero-order valence-electron chi connectivity index (χ0n) is 13.3. The van der Waals surface area contributed by atoms with Crippen molar-refractivity contribution in [1.29, 1.82) is 5.26 Å². The van der Waals surface area contributed by atoms with Crippen LogP contribution in [0.15, 0.2) is 35.4 Å². The van der Waals surface area contributed by atoms with Gasteiger partial charge in [-0.05, 0) is 50.3 Å². The Bertz CT molecular complexity index is 794. The number of aromatic nitrogens is 1. The topological polar surface area (TPSA) is 65.8 Å². The molecule has 0 radical (unpaired) electrons. The van der Waals surface area contributed by atoms with E-state index in [1.54, 1.807) is 0 Å². The van der Waals surface area contributed by atoms with Crippen LogP contribution in [0.5, 0.6) is 0 Å². The maximum Gasteiger partial charge on any atom is 0.231 e. The highest BCUT2D eigenvalue weighted by Crippen LogP contribution is 2.39. The van der Waals surface area contributed by atoms with E-state index in [1.165, 1.54) is 11.8 Å². The highest BCUT2D eigenvalue weighted by atomic mass is 32.2. The Morgan fingerprint density at radius 3 is 2.91 bits per heavy atom. The number of amides is 1. The highest BCUT2D eigenvalue weighted by molar-refractivity contribution is 7.99. The number of nitrogens with one attached hydrogen (secondary N) is 1. The summed E-state index contributed by atoms with van der Waals surface area (Å²) in [6.07, 6.45) is 2.03. The van der Waals surface area contributed by atoms with Crippen LogP contribution < -0.4 is 5.32 Å². The van der Waals surface area contributed by atoms with E-state index in [0.29, 0.717) is 5.92 Å². The first-order valence-corrected chi connectivity index (χ1v) is 8.72. The molecule has 1 amide bonds. The molecule has 23 heavy (non-hydrogen) atoms. The number of carbonyl (C=O) groups excluding carboxylic acids is 1. The van der Waals surface area contributed by atoms with Crippen LogP contribution >= 0.6 is 11.8 Å². The molecule has 118 valence electrons. The molecule has 1 aromatic carbocycles. The monoisotopic (exact) mass is 325 g/mol. The number of hydrogen-bond donors (Lipinski definition) is 1. The molecule has 1 unspecified atom stereocenters. The van der Waals surface area contributed by atoms with Gasteiger partial charge < -0.3 is 5.32 Å². The van der Waals surface area contributed by atoms with Crippen LogP contribution in [0, 0.1) is 24.2 Å². The molecule has 1 fully saturated rings. The lowest BCUT2D eigenvalue weighted by Crippen LogP contribution is -2.47. The van der Waals surface area contributed by atoms with Gasteiger partial charge in [0.05, 0.1) is 22.4 Å². The third-order valence-electron chi connectivity index (χ3n) is 4.28. The largest absolute Gasteiger partial charge is 0.337 e. The van der Waals surface area contributed by atoms with Gasteiger partial charge in [-0.15, -0.1) is 0 Å². The lowest BCUT2D eigenvalue weighted by atomic mass is 9.98. The minimum Gasteiger partial charge on any atom is -0.337 e. The first kappa shape index (κ1) is 15.8. The number of benzene rings is 1. The van der Waals surface area contributed by atoms with Gasteiger partial charge in [0.15, 0.2) is 0 Å². The van der Waals surface area contributed by atoms with Gasteiger partial charge in [-0.2, -0.15) is 5.26 Å². The van der Waals surface area contributed by atoms with E-state index in [0.717, 1.165) is 34.3 Å². The van der Waals surface area contributed by atoms with E-state index < -0.39 is 5.54 Å². The van der Waals surface area contributed by atoms with Crippen LogP contribution in [0.3, 0.4) is 0 Å². The SMILES string of the molecule is Cc1cc(SCC(=O)NC(C)(C#N)C2CC2)nc2ccccc12. The van der Waals surface area contributed by atoms with Crippen LogP contribution in [0.25, 0.3) is 10.9 Å². The first-order chi connectivity index (χ1) is 11.0. The Hall–Kier alpha value is -2.06. The fourth-order valence-corrected chi connectivity index (χ4v) is 3.51. The molecule has 1 aliphatic carbocycles. The quantitative estimate of drug-likeness (QED) is 0.855. The predicted molar refractivity (Wildman–Crippen MR) is 92.1 cm³/mol. The number of para-hydroxylation sites is 1. The third kappa shape index (κ3) is 3.48. The molecule has 1 saturated carbocycles. The van der Waals surface area contributed by atoms with Crippen molar-refractivity contribution < 1.29 is 4.79 Å². The van der Waals surface area contributed by atoms with Gasteiger partial charge in [0, 0.05) is 5.39 Å². The first-order valence-electron chi connectivity index (χ1n) is 7.73. The molecule has 0 spiro atoms. The molecule has 3 rings (SSSR count). The number of hydrogen-bond acceptors (Lipinski definition) is 4. The summed E-state index contributed by atoms with van der Waals surface area (Å²) in [5.74, 6) is 0.454. The second-order valence-electron chi connectivity index (χ2n) is 6.22. The molecule has 0 saturated heterocycles. The van der Waals surface area contributed by atoms with Gasteiger partial charge in [-0.3, -0.25) is 4.79 Å². The zero-order valence-corrected chi connectivity index (χ0v) is 14.1. The van der Waals surface area contributed by atoms with Crippen molar-refractivity contribution in [3.8, 4) is 6.07 Å². The molecule has 1 heterocycles. The summed E-state index contributed by atoms with van der Waals surface area (Å²) in [6.45, 7) is 3.86. The molecule has 0 bridgehead atoms. The Kier molecular flexibility index (Phi) is 4.27. The predicted octanol–water partition coefficient (Wildman–Crippen LogP) is 3.44. The van der Waals surface area contributed by atoms with Gasteiger partial charge in [0.1, 0.15) is 5.54 Å². The van der Waals surface area contributed by atoms with Gasteiger partial charge in [-0.1, -0.05) is 30.0 Å². The summed E-state index contributed by atoms with van der Waals surface area (Å²) in [5.41, 5.74) is 1.36. The van der Waals surface area contributed by atoms with Crippen LogP contribution in [-0.4, -0.2) is 22.2 Å². The van der Waals surface area contributed by atoms with E-state index >= 15 is 0 Å². The lowest BCUT2D eigenvalue weighted by Gasteiger charge is -2.22. The van der Waals surface area contributed by atoms with E-state index in [-0.39, 0.29) is 11.7 Å². The number of fused-ring (bicyclic) bond motifs is 1. The number of nitrogens with zero attached hydrogens (tertiary/aromatic N) is 2. The van der Waals surface area contributed by atoms with E-state index in [4.69, 9.17) is 0 Å². The van der Waals surface area contributed by atoms with Crippen LogP contribution in [-0.2, 0) is 4.79 Å². The van der Waals surface area contributed by atoms with Gasteiger partial charge in [-0.25, -0.2) is 4.98 Å². The Balaban J connectivity index is 1.66. The number of nitriles is 1. The van der Waals surface area contributed by atoms with Gasteiger partial charge in [0.2, 0.25) is 5.91 Å². The summed E-state index contributed by atoms with van der Waals surface area (Å²) >= 11 is 1.41. The van der Waals surface area contributed by atoms with Crippen molar-refractivity contribution in [3.05, 3.63) is 35.9 Å². The molecular weight excluding hydrogens is 306 g/mol. The van der Waals surface area contributed by atoms with E-state index in [2.05, 4.69) is 16.4 Å². The van der Waals surface area contributed by atoms with Crippen LogP contribution in [0.4, 0.5) is 0 Å². The second kappa shape index (κ2) is 6.21. The molecule has 1 aliphatic rings. The summed E-state index contributed by atoms with van der Waals surface area (Å²) < 4.78 is 0. The molecular formula is C18H19N3OS. The molecule has 2 aromatic rings. The Labute approximate surface area is 140 Å². The number of pyridine rings is 1. The maximum absolute atomic E-state index is 12.2. The number of rotatable bonds is 5. The number of aryl methyl sites for hydroxylation is 1. The average Bonchev–Trinajstić information content (AvgIpc) is 3.38. The minimum absolute atomic E-state index is 0.112. The summed E-state index contributed by atoms with van der Waals surface area (Å²) in [7, 11) is 0. The van der Waals surface area contributed by atoms with Gasteiger partial charge >= 0.3 is 0 Å². The van der Waals surface area contributed by atoms with Crippen molar-refractivity contribution in [2.75, 3.05) is 5.75 Å². The summed E-state index contributed by atoms with van der Waals surface area (Å²) in [4.78, 5) is 16.8. The van der Waals surface area contributed by atoms with Crippen molar-refractivity contribution in [2.45, 2.75) is 37.3 Å². The van der Waals surface area contributed by atoms with Crippen molar-refractivity contribution in [3.63, 3.8) is 0 Å². The molecule has 5 heteroatoms. The van der Waals surface area contributed by atoms with Crippen LogP contribution in [0.1, 0.15) is 25.3 Å². The maximum atomic E-state index is 12.2. The average molecular weight is 325 g/mol. The Morgan fingerprint density at radius 2 is 2.22 bits per heavy atom. The third-order valence-corrected chi connectivity index (χ3v) is 5.19. The lowest BCUT2D eigenvalue weighted by molar-refractivity contribution is -0.119. The van der Waals surface area contributed by atoms with Crippen molar-refractivity contribution in [1.82, 2.24) is 10.3 Å². The molecule has 1 atom stereocenters. The van der Waals surface area contributed by atoms with Crippen molar-refractivity contribution in [2.24, 2.45) is 5.92 Å². The van der Waals surface area contributed by atoms with E-state index in [9.17, 15) is 10.1 Å². The smallest absolute Gasteiger partial charge is 0.231 e. The van der Waals surface area contributed by atoms with E-state index in [1.807, 2.05) is 44.2 Å². The molecule has 1 aromatic heterocycles. The second-order valence-corrected chi connectivity index (χ2v) is 7.22. The fraction of sp³-hybridized carbons (Fsp3) is 0.389. The summed E-state index contributed by atoms with van der Waals surface area (Å²) in [6, 6.07) is 12.2. The zero-order chi connectivity index (χ0) is 16.4. The summed E-state index contributed by atoms with van der Waals surface area (Å²) in [5, 5.41) is 14.1. The molecule has 4 nitrogen and oxygen atoms in total. The van der Waals surface area contributed by atoms with Gasteiger partial charge in [0.25, 0.3) is 0 Å².